The first kappa shape index (κ1) is 12.8. The molecule has 0 saturated heterocycles. The maximum atomic E-state index is 11.9. The van der Waals surface area contributed by atoms with E-state index in [9.17, 15) is 9.59 Å². The molecule has 0 aliphatic heterocycles. The van der Waals surface area contributed by atoms with Crippen LogP contribution in [0.5, 0.6) is 0 Å². The van der Waals surface area contributed by atoms with Crippen LogP contribution >= 0.6 is 0 Å². The third-order valence-corrected chi connectivity index (χ3v) is 2.63. The second-order valence-electron chi connectivity index (χ2n) is 4.17. The highest BCUT2D eigenvalue weighted by molar-refractivity contribution is 5.91. The minimum atomic E-state index is -0.302. The normalized spacial score (nSPS) is 10.2. The van der Waals surface area contributed by atoms with Crippen LogP contribution in [0.3, 0.4) is 0 Å². The van der Waals surface area contributed by atoms with Gasteiger partial charge in [0.25, 0.3) is 5.56 Å². The number of anilines is 2. The molecule has 0 aliphatic rings. The summed E-state index contributed by atoms with van der Waals surface area (Å²) in [6.07, 6.45) is 4.65. The monoisotopic (exact) mass is 258 g/mol. The molecule has 6 nitrogen and oxygen atoms in total. The number of nitrogen functional groups attached to an aromatic ring is 1. The van der Waals surface area contributed by atoms with Crippen molar-refractivity contribution in [3.63, 3.8) is 0 Å². The molecule has 0 spiro atoms. The zero-order chi connectivity index (χ0) is 13.8. The van der Waals surface area contributed by atoms with E-state index in [2.05, 4.69) is 10.3 Å². The number of hydrogen-bond donors (Lipinski definition) is 2. The highest BCUT2D eigenvalue weighted by Gasteiger charge is 2.07. The molecular weight excluding hydrogens is 244 g/mol. The summed E-state index contributed by atoms with van der Waals surface area (Å²) in [5, 5.41) is 2.70. The Labute approximate surface area is 109 Å². The Hall–Kier alpha value is -2.63. The maximum absolute atomic E-state index is 11.9. The van der Waals surface area contributed by atoms with Crippen LogP contribution in [0.1, 0.15) is 5.56 Å². The molecule has 0 aromatic carbocycles. The van der Waals surface area contributed by atoms with Crippen molar-refractivity contribution in [3.8, 4) is 0 Å². The molecular formula is C13H14N4O2. The van der Waals surface area contributed by atoms with Crippen LogP contribution in [0.2, 0.25) is 0 Å². The van der Waals surface area contributed by atoms with Crippen molar-refractivity contribution in [2.24, 2.45) is 0 Å². The van der Waals surface area contributed by atoms with Crippen molar-refractivity contribution >= 4 is 17.3 Å². The quantitative estimate of drug-likeness (QED) is 0.851. The number of carbonyl (C=O) groups is 1. The number of pyridine rings is 2. The largest absolute Gasteiger partial charge is 0.398 e. The zero-order valence-corrected chi connectivity index (χ0v) is 10.5. The van der Waals surface area contributed by atoms with Gasteiger partial charge in [-0.05, 0) is 24.6 Å². The number of aromatic nitrogens is 2. The predicted octanol–water partition coefficient (Wildman–Crippen LogP) is 0.773. The van der Waals surface area contributed by atoms with E-state index in [-0.39, 0.29) is 18.0 Å². The van der Waals surface area contributed by atoms with Crippen LogP contribution in [0.15, 0.2) is 41.6 Å². The lowest BCUT2D eigenvalue weighted by Gasteiger charge is -2.09. The lowest BCUT2D eigenvalue weighted by molar-refractivity contribution is -0.116. The molecule has 19 heavy (non-hydrogen) atoms. The first-order valence-electron chi connectivity index (χ1n) is 5.72. The van der Waals surface area contributed by atoms with Crippen molar-refractivity contribution in [2.45, 2.75) is 13.5 Å². The number of amides is 1. The van der Waals surface area contributed by atoms with Gasteiger partial charge in [-0.1, -0.05) is 0 Å². The third-order valence-electron chi connectivity index (χ3n) is 2.63. The third kappa shape index (κ3) is 3.19. The smallest absolute Gasteiger partial charge is 0.251 e. The molecule has 0 fully saturated rings. The summed E-state index contributed by atoms with van der Waals surface area (Å²) in [6, 6.07) is 4.63. The highest BCUT2D eigenvalue weighted by atomic mass is 16.2. The van der Waals surface area contributed by atoms with Gasteiger partial charge in [0, 0.05) is 24.1 Å². The van der Waals surface area contributed by atoms with E-state index >= 15 is 0 Å². The summed E-state index contributed by atoms with van der Waals surface area (Å²) >= 11 is 0. The molecule has 0 aliphatic carbocycles. The zero-order valence-electron chi connectivity index (χ0n) is 10.5. The fraction of sp³-hybridized carbons (Fsp3) is 0.154. The molecule has 3 N–H and O–H groups in total. The van der Waals surface area contributed by atoms with Gasteiger partial charge in [0.05, 0.1) is 11.9 Å². The number of nitrogens with zero attached hydrogens (tertiary/aromatic N) is 2. The molecule has 0 saturated carbocycles. The molecule has 98 valence electrons. The highest BCUT2D eigenvalue weighted by Crippen LogP contribution is 2.11. The van der Waals surface area contributed by atoms with Crippen LogP contribution in [0.4, 0.5) is 11.4 Å². The lowest BCUT2D eigenvalue weighted by Crippen LogP contribution is -2.27. The van der Waals surface area contributed by atoms with E-state index < -0.39 is 0 Å². The van der Waals surface area contributed by atoms with Gasteiger partial charge < -0.3 is 15.6 Å². The molecule has 0 unspecified atom stereocenters. The number of nitrogens with two attached hydrogens (primary N) is 1. The van der Waals surface area contributed by atoms with Gasteiger partial charge in [-0.3, -0.25) is 14.6 Å². The van der Waals surface area contributed by atoms with Crippen molar-refractivity contribution in [2.75, 3.05) is 11.1 Å². The van der Waals surface area contributed by atoms with E-state index in [0.29, 0.717) is 11.4 Å². The first-order valence-corrected chi connectivity index (χ1v) is 5.72. The lowest BCUT2D eigenvalue weighted by atomic mass is 10.2. The van der Waals surface area contributed by atoms with Crippen molar-refractivity contribution in [3.05, 3.63) is 52.7 Å². The standard InChI is InChI=1S/C13H14N4O2/c1-9-4-5-15-6-11(9)16-12(18)8-17-7-10(14)2-3-13(17)19/h2-7H,8,14H2,1H3,(H,16,18). The topological polar surface area (TPSA) is 90.0 Å². The summed E-state index contributed by atoms with van der Waals surface area (Å²) in [5.41, 5.74) is 7.28. The van der Waals surface area contributed by atoms with E-state index in [1.165, 1.54) is 22.9 Å². The second kappa shape index (κ2) is 5.34. The van der Waals surface area contributed by atoms with Gasteiger partial charge in [-0.2, -0.15) is 0 Å². The minimum Gasteiger partial charge on any atom is -0.398 e. The number of carbonyl (C=O) groups excluding carboxylic acids is 1. The maximum Gasteiger partial charge on any atom is 0.251 e. The fourth-order valence-corrected chi connectivity index (χ4v) is 1.61. The first-order chi connectivity index (χ1) is 9.06. The fourth-order valence-electron chi connectivity index (χ4n) is 1.61. The van der Waals surface area contributed by atoms with Gasteiger partial charge in [0.1, 0.15) is 6.54 Å². The minimum absolute atomic E-state index is 0.0851. The summed E-state index contributed by atoms with van der Waals surface area (Å²) in [7, 11) is 0. The molecule has 2 heterocycles. The van der Waals surface area contributed by atoms with Crippen LogP contribution in [-0.4, -0.2) is 15.5 Å². The number of nitrogens with one attached hydrogen (secondary N) is 1. The van der Waals surface area contributed by atoms with Crippen LogP contribution < -0.4 is 16.6 Å². The van der Waals surface area contributed by atoms with Gasteiger partial charge in [-0.25, -0.2) is 0 Å². The van der Waals surface area contributed by atoms with Crippen molar-refractivity contribution in [1.29, 1.82) is 0 Å². The summed E-state index contributed by atoms with van der Waals surface area (Å²) < 4.78 is 1.26. The Balaban J connectivity index is 2.12. The molecule has 6 heteroatoms. The average molecular weight is 258 g/mol. The van der Waals surface area contributed by atoms with E-state index in [1.54, 1.807) is 18.5 Å². The number of aryl methyl sites for hydroxylation is 1. The summed E-state index contributed by atoms with van der Waals surface area (Å²) in [6.45, 7) is 1.78. The summed E-state index contributed by atoms with van der Waals surface area (Å²) in [4.78, 5) is 27.3. The Bertz CT molecular complexity index is 664. The number of rotatable bonds is 3. The molecule has 2 rings (SSSR count). The second-order valence-corrected chi connectivity index (χ2v) is 4.17. The van der Waals surface area contributed by atoms with E-state index in [0.717, 1.165) is 5.56 Å². The predicted molar refractivity (Wildman–Crippen MR) is 72.7 cm³/mol. The Kier molecular flexibility index (Phi) is 3.61. The molecule has 2 aromatic heterocycles. The van der Waals surface area contributed by atoms with Crippen molar-refractivity contribution in [1.82, 2.24) is 9.55 Å². The van der Waals surface area contributed by atoms with Gasteiger partial charge in [0.15, 0.2) is 0 Å². The van der Waals surface area contributed by atoms with Crippen molar-refractivity contribution < 1.29 is 4.79 Å². The molecule has 0 radical (unpaired) electrons. The molecule has 1 amide bonds. The molecule has 0 atom stereocenters. The van der Waals surface area contributed by atoms with Crippen LogP contribution in [0.25, 0.3) is 0 Å². The molecule has 0 bridgehead atoms. The van der Waals surface area contributed by atoms with Gasteiger partial charge in [0.2, 0.25) is 5.91 Å². The van der Waals surface area contributed by atoms with Gasteiger partial charge >= 0.3 is 0 Å². The van der Waals surface area contributed by atoms with Crippen LogP contribution in [0, 0.1) is 6.92 Å². The summed E-state index contributed by atoms with van der Waals surface area (Å²) in [5.74, 6) is -0.302. The average Bonchev–Trinajstić information content (AvgIpc) is 2.37. The van der Waals surface area contributed by atoms with Crippen LogP contribution in [-0.2, 0) is 11.3 Å². The molecule has 2 aromatic rings. The van der Waals surface area contributed by atoms with E-state index in [4.69, 9.17) is 5.73 Å². The van der Waals surface area contributed by atoms with E-state index in [1.807, 2.05) is 6.92 Å². The Morgan fingerprint density at radius 2 is 2.21 bits per heavy atom. The Morgan fingerprint density at radius 1 is 1.42 bits per heavy atom. The Morgan fingerprint density at radius 3 is 2.95 bits per heavy atom. The SMILES string of the molecule is Cc1ccncc1NC(=O)Cn1cc(N)ccc1=O. The number of hydrogen-bond acceptors (Lipinski definition) is 4. The van der Waals surface area contributed by atoms with Gasteiger partial charge in [-0.15, -0.1) is 0 Å².